The van der Waals surface area contributed by atoms with E-state index in [9.17, 15) is 14.4 Å². The number of hydrogen-bond donors (Lipinski definition) is 2. The molecule has 2 aromatic rings. The van der Waals surface area contributed by atoms with Gasteiger partial charge in [0.05, 0.1) is 6.20 Å². The Hall–Kier alpha value is -3.16. The molecule has 148 valence electrons. The molecule has 1 aliphatic rings. The molecule has 0 radical (unpaired) electrons. The van der Waals surface area contributed by atoms with Crippen LogP contribution in [0.4, 0.5) is 4.79 Å². The maximum atomic E-state index is 12.0. The lowest BCUT2D eigenvalue weighted by atomic mass is 10.1. The Morgan fingerprint density at radius 2 is 1.96 bits per heavy atom. The third-order valence-electron chi connectivity index (χ3n) is 4.25. The van der Waals surface area contributed by atoms with Gasteiger partial charge in [-0.3, -0.25) is 19.6 Å². The van der Waals surface area contributed by atoms with E-state index in [2.05, 4.69) is 15.7 Å². The fraction of sp³-hybridized carbons (Fsp3) is 0.400. The van der Waals surface area contributed by atoms with E-state index in [0.717, 1.165) is 16.7 Å². The van der Waals surface area contributed by atoms with Gasteiger partial charge in [-0.15, -0.1) is 0 Å². The van der Waals surface area contributed by atoms with Crippen LogP contribution in [0.5, 0.6) is 0 Å². The van der Waals surface area contributed by atoms with E-state index < -0.39 is 17.7 Å². The van der Waals surface area contributed by atoms with Crippen molar-refractivity contribution in [2.75, 3.05) is 0 Å². The van der Waals surface area contributed by atoms with Gasteiger partial charge in [-0.25, -0.2) is 4.79 Å². The number of carbonyl (C=O) groups is 3. The number of hydrogen-bond acceptors (Lipinski definition) is 5. The van der Waals surface area contributed by atoms with Crippen LogP contribution in [0.3, 0.4) is 0 Å². The van der Waals surface area contributed by atoms with Gasteiger partial charge in [0, 0.05) is 24.7 Å². The molecule has 2 heterocycles. The largest absolute Gasteiger partial charge is 0.444 e. The monoisotopic (exact) mass is 384 g/mol. The Bertz CT molecular complexity index is 880. The SMILES string of the molecule is CC(C)(C)OC(=O)NCc1ccc(-c2cnn(C3CCC(=O)NC3=O)c2)cc1. The first-order valence-electron chi connectivity index (χ1n) is 9.15. The lowest BCUT2D eigenvalue weighted by Gasteiger charge is -2.20. The standard InChI is InChI=1S/C20H24N4O4/c1-20(2,3)28-19(27)21-10-13-4-6-14(7-5-13)15-11-22-24(12-15)16-8-9-17(25)23-18(16)26/h4-7,11-12,16H,8-10H2,1-3H3,(H,21,27)(H,23,25,26). The number of piperidine rings is 1. The normalized spacial score (nSPS) is 17.2. The molecular formula is C20H24N4O4. The van der Waals surface area contributed by atoms with Crippen molar-refractivity contribution in [2.45, 2.75) is 51.8 Å². The van der Waals surface area contributed by atoms with Crippen LogP contribution in [0, 0.1) is 0 Å². The molecule has 1 saturated heterocycles. The van der Waals surface area contributed by atoms with Crippen LogP contribution in [0.25, 0.3) is 11.1 Å². The minimum Gasteiger partial charge on any atom is -0.444 e. The number of aromatic nitrogens is 2. The maximum absolute atomic E-state index is 12.0. The zero-order chi connectivity index (χ0) is 20.3. The molecule has 0 bridgehead atoms. The number of rotatable bonds is 4. The summed E-state index contributed by atoms with van der Waals surface area (Å²) in [6.07, 6.45) is 3.79. The highest BCUT2D eigenvalue weighted by molar-refractivity contribution is 5.99. The molecule has 1 aromatic heterocycles. The summed E-state index contributed by atoms with van der Waals surface area (Å²) in [5.41, 5.74) is 2.22. The molecule has 8 nitrogen and oxygen atoms in total. The number of carbonyl (C=O) groups excluding carboxylic acids is 3. The zero-order valence-corrected chi connectivity index (χ0v) is 16.2. The van der Waals surface area contributed by atoms with Crippen molar-refractivity contribution >= 4 is 17.9 Å². The molecule has 3 rings (SSSR count). The summed E-state index contributed by atoms with van der Waals surface area (Å²) in [7, 11) is 0. The Morgan fingerprint density at radius 1 is 1.25 bits per heavy atom. The van der Waals surface area contributed by atoms with Crippen molar-refractivity contribution < 1.29 is 19.1 Å². The van der Waals surface area contributed by atoms with Crippen molar-refractivity contribution in [3.8, 4) is 11.1 Å². The van der Waals surface area contributed by atoms with E-state index in [1.807, 2.05) is 45.0 Å². The third kappa shape index (κ3) is 4.97. The van der Waals surface area contributed by atoms with Crippen LogP contribution < -0.4 is 10.6 Å². The quantitative estimate of drug-likeness (QED) is 0.789. The van der Waals surface area contributed by atoms with Gasteiger partial charge in [0.25, 0.3) is 5.91 Å². The number of amides is 3. The van der Waals surface area contributed by atoms with E-state index in [-0.39, 0.29) is 11.8 Å². The van der Waals surface area contributed by atoms with Crippen molar-refractivity contribution in [3.05, 3.63) is 42.2 Å². The average molecular weight is 384 g/mol. The van der Waals surface area contributed by atoms with Crippen molar-refractivity contribution in [1.29, 1.82) is 0 Å². The molecule has 1 aliphatic heterocycles. The smallest absolute Gasteiger partial charge is 0.407 e. The number of benzene rings is 1. The fourth-order valence-corrected chi connectivity index (χ4v) is 2.90. The van der Waals surface area contributed by atoms with Gasteiger partial charge in [-0.05, 0) is 38.3 Å². The zero-order valence-electron chi connectivity index (χ0n) is 16.2. The predicted molar refractivity (Wildman–Crippen MR) is 102 cm³/mol. The van der Waals surface area contributed by atoms with Gasteiger partial charge in [0.2, 0.25) is 5.91 Å². The fourth-order valence-electron chi connectivity index (χ4n) is 2.90. The molecule has 2 N–H and O–H groups in total. The third-order valence-corrected chi connectivity index (χ3v) is 4.25. The summed E-state index contributed by atoms with van der Waals surface area (Å²) in [5, 5.41) is 9.34. The topological polar surface area (TPSA) is 102 Å². The lowest BCUT2D eigenvalue weighted by molar-refractivity contribution is -0.135. The second kappa shape index (κ2) is 7.84. The number of alkyl carbamates (subject to hydrolysis) is 1. The Kier molecular flexibility index (Phi) is 5.48. The van der Waals surface area contributed by atoms with E-state index in [1.165, 1.54) is 0 Å². The molecular weight excluding hydrogens is 360 g/mol. The molecule has 28 heavy (non-hydrogen) atoms. The highest BCUT2D eigenvalue weighted by Gasteiger charge is 2.28. The van der Waals surface area contributed by atoms with Crippen LogP contribution >= 0.6 is 0 Å². The van der Waals surface area contributed by atoms with Gasteiger partial charge in [-0.2, -0.15) is 5.10 Å². The summed E-state index contributed by atoms with van der Waals surface area (Å²) in [6, 6.07) is 7.21. The molecule has 1 fully saturated rings. The molecule has 3 amide bonds. The van der Waals surface area contributed by atoms with Crippen LogP contribution in [-0.2, 0) is 20.9 Å². The maximum Gasteiger partial charge on any atom is 0.407 e. The van der Waals surface area contributed by atoms with Crippen LogP contribution in [0.1, 0.15) is 45.2 Å². The molecule has 0 saturated carbocycles. The molecule has 1 atom stereocenters. The second-order valence-corrected chi connectivity index (χ2v) is 7.73. The second-order valence-electron chi connectivity index (χ2n) is 7.73. The summed E-state index contributed by atoms with van der Waals surface area (Å²) >= 11 is 0. The lowest BCUT2D eigenvalue weighted by Crippen LogP contribution is -2.41. The minimum atomic E-state index is -0.531. The summed E-state index contributed by atoms with van der Waals surface area (Å²) in [4.78, 5) is 35.0. The van der Waals surface area contributed by atoms with Gasteiger partial charge in [0.15, 0.2) is 0 Å². The molecule has 8 heteroatoms. The van der Waals surface area contributed by atoms with Crippen LogP contribution in [-0.4, -0.2) is 33.3 Å². The number of nitrogens with zero attached hydrogens (tertiary/aromatic N) is 2. The Morgan fingerprint density at radius 3 is 2.61 bits per heavy atom. The summed E-state index contributed by atoms with van der Waals surface area (Å²) < 4.78 is 6.81. The van der Waals surface area contributed by atoms with Gasteiger partial charge in [0.1, 0.15) is 11.6 Å². The van der Waals surface area contributed by atoms with E-state index in [0.29, 0.717) is 19.4 Å². The first-order chi connectivity index (χ1) is 13.2. The first-order valence-corrected chi connectivity index (χ1v) is 9.15. The molecule has 1 aromatic carbocycles. The molecule has 1 unspecified atom stereocenters. The Labute approximate surface area is 163 Å². The van der Waals surface area contributed by atoms with Gasteiger partial charge < -0.3 is 10.1 Å². The number of ether oxygens (including phenoxy) is 1. The van der Waals surface area contributed by atoms with Gasteiger partial charge >= 0.3 is 6.09 Å². The highest BCUT2D eigenvalue weighted by atomic mass is 16.6. The summed E-state index contributed by atoms with van der Waals surface area (Å²) in [5.74, 6) is -0.571. The molecule has 0 aliphatic carbocycles. The number of nitrogens with one attached hydrogen (secondary N) is 2. The van der Waals surface area contributed by atoms with Crippen molar-refractivity contribution in [2.24, 2.45) is 0 Å². The predicted octanol–water partition coefficient (Wildman–Crippen LogP) is 2.55. The van der Waals surface area contributed by atoms with Crippen molar-refractivity contribution in [3.63, 3.8) is 0 Å². The van der Waals surface area contributed by atoms with Crippen molar-refractivity contribution in [1.82, 2.24) is 20.4 Å². The molecule has 0 spiro atoms. The number of imide groups is 1. The first kappa shape index (κ1) is 19.6. The minimum absolute atomic E-state index is 0.246. The van der Waals surface area contributed by atoms with E-state index in [4.69, 9.17) is 4.74 Å². The van der Waals surface area contributed by atoms with Crippen LogP contribution in [0.15, 0.2) is 36.7 Å². The summed E-state index contributed by atoms with van der Waals surface area (Å²) in [6.45, 7) is 5.81. The highest BCUT2D eigenvalue weighted by Crippen LogP contribution is 2.23. The van der Waals surface area contributed by atoms with Gasteiger partial charge in [-0.1, -0.05) is 24.3 Å². The van der Waals surface area contributed by atoms with E-state index >= 15 is 0 Å². The Balaban J connectivity index is 1.61. The van der Waals surface area contributed by atoms with Crippen LogP contribution in [0.2, 0.25) is 0 Å². The average Bonchev–Trinajstić information content (AvgIpc) is 3.09. The van der Waals surface area contributed by atoms with E-state index in [1.54, 1.807) is 17.1 Å².